The minimum Gasteiger partial charge on any atom is -0.494 e. The summed E-state index contributed by atoms with van der Waals surface area (Å²) in [7, 11) is 1.82. The smallest absolute Gasteiger partial charge is 0.253 e. The van der Waals surface area contributed by atoms with Crippen LogP contribution in [0.4, 0.5) is 0 Å². The second-order valence-corrected chi connectivity index (χ2v) is 5.02. The molecule has 3 nitrogen and oxygen atoms in total. The van der Waals surface area contributed by atoms with Gasteiger partial charge in [0.15, 0.2) is 0 Å². The van der Waals surface area contributed by atoms with E-state index in [1.165, 1.54) is 0 Å². The van der Waals surface area contributed by atoms with E-state index in [4.69, 9.17) is 4.74 Å². The Morgan fingerprint density at radius 2 is 1.71 bits per heavy atom. The van der Waals surface area contributed by atoms with Gasteiger partial charge in [0.25, 0.3) is 5.91 Å². The van der Waals surface area contributed by atoms with Crippen molar-refractivity contribution in [3.63, 3.8) is 0 Å². The lowest BCUT2D eigenvalue weighted by atomic mass is 10.1. The van der Waals surface area contributed by atoms with E-state index in [0.717, 1.165) is 17.7 Å². The summed E-state index contributed by atoms with van der Waals surface area (Å²) in [6.45, 7) is 3.37. The van der Waals surface area contributed by atoms with Crippen LogP contribution in [0.1, 0.15) is 29.3 Å². The molecule has 0 saturated carbocycles. The zero-order chi connectivity index (χ0) is 15.1. The Bertz CT molecular complexity index is 564. The van der Waals surface area contributed by atoms with Crippen molar-refractivity contribution in [2.24, 2.45) is 0 Å². The van der Waals surface area contributed by atoms with Gasteiger partial charge in [-0.15, -0.1) is 0 Å². The molecule has 21 heavy (non-hydrogen) atoms. The molecule has 0 saturated heterocycles. The normalized spacial score (nSPS) is 10.2. The molecular formula is C18H21NO2. The van der Waals surface area contributed by atoms with Crippen molar-refractivity contribution in [1.29, 1.82) is 0 Å². The third kappa shape index (κ3) is 4.35. The molecule has 3 heteroatoms. The first-order valence-electron chi connectivity index (χ1n) is 7.23. The SMILES string of the molecule is CCCOc1ccc(C(=O)N(C)Cc2ccccc2)cc1. The lowest BCUT2D eigenvalue weighted by molar-refractivity contribution is 0.0785. The summed E-state index contributed by atoms with van der Waals surface area (Å²) < 4.78 is 5.52. The van der Waals surface area contributed by atoms with E-state index < -0.39 is 0 Å². The topological polar surface area (TPSA) is 29.5 Å². The van der Waals surface area contributed by atoms with Crippen LogP contribution in [-0.4, -0.2) is 24.5 Å². The second kappa shape index (κ2) is 7.48. The number of hydrogen-bond acceptors (Lipinski definition) is 2. The van der Waals surface area contributed by atoms with Crippen molar-refractivity contribution in [2.45, 2.75) is 19.9 Å². The van der Waals surface area contributed by atoms with E-state index in [1.54, 1.807) is 4.90 Å². The van der Waals surface area contributed by atoms with Crippen LogP contribution < -0.4 is 4.74 Å². The van der Waals surface area contributed by atoms with Crippen LogP contribution in [0.3, 0.4) is 0 Å². The first-order valence-corrected chi connectivity index (χ1v) is 7.23. The van der Waals surface area contributed by atoms with E-state index in [-0.39, 0.29) is 5.91 Å². The Hall–Kier alpha value is -2.29. The van der Waals surface area contributed by atoms with Gasteiger partial charge in [-0.2, -0.15) is 0 Å². The van der Waals surface area contributed by atoms with Gasteiger partial charge >= 0.3 is 0 Å². The highest BCUT2D eigenvalue weighted by atomic mass is 16.5. The quantitative estimate of drug-likeness (QED) is 0.808. The van der Waals surface area contributed by atoms with Crippen LogP contribution in [0.25, 0.3) is 0 Å². The van der Waals surface area contributed by atoms with Gasteiger partial charge in [0.1, 0.15) is 5.75 Å². The molecule has 0 spiro atoms. The number of amides is 1. The molecule has 0 fully saturated rings. The molecule has 2 rings (SSSR count). The highest BCUT2D eigenvalue weighted by molar-refractivity contribution is 5.94. The van der Waals surface area contributed by atoms with Gasteiger partial charge in [0.2, 0.25) is 0 Å². The summed E-state index contributed by atoms with van der Waals surface area (Å²) in [4.78, 5) is 14.1. The van der Waals surface area contributed by atoms with Crippen LogP contribution in [0.15, 0.2) is 54.6 Å². The molecule has 2 aromatic carbocycles. The Morgan fingerprint density at radius 1 is 1.05 bits per heavy atom. The molecule has 0 aliphatic rings. The van der Waals surface area contributed by atoms with Crippen molar-refractivity contribution in [2.75, 3.05) is 13.7 Å². The lowest BCUT2D eigenvalue weighted by Gasteiger charge is -2.17. The molecule has 0 aliphatic carbocycles. The predicted molar refractivity (Wildman–Crippen MR) is 84.5 cm³/mol. The van der Waals surface area contributed by atoms with E-state index >= 15 is 0 Å². The van der Waals surface area contributed by atoms with Gasteiger partial charge in [-0.05, 0) is 36.2 Å². The zero-order valence-electron chi connectivity index (χ0n) is 12.6. The van der Waals surface area contributed by atoms with Crippen LogP contribution in [0.2, 0.25) is 0 Å². The summed E-state index contributed by atoms with van der Waals surface area (Å²) >= 11 is 0. The molecular weight excluding hydrogens is 262 g/mol. The lowest BCUT2D eigenvalue weighted by Crippen LogP contribution is -2.26. The van der Waals surface area contributed by atoms with Gasteiger partial charge in [0.05, 0.1) is 6.61 Å². The maximum atomic E-state index is 12.4. The van der Waals surface area contributed by atoms with Crippen molar-refractivity contribution < 1.29 is 9.53 Å². The predicted octanol–water partition coefficient (Wildman–Crippen LogP) is 3.75. The minimum absolute atomic E-state index is 0.0147. The summed E-state index contributed by atoms with van der Waals surface area (Å²) in [5.41, 5.74) is 1.80. The summed E-state index contributed by atoms with van der Waals surface area (Å²) in [5.74, 6) is 0.819. The number of hydrogen-bond donors (Lipinski definition) is 0. The van der Waals surface area contributed by atoms with Gasteiger partial charge < -0.3 is 9.64 Å². The van der Waals surface area contributed by atoms with Gasteiger partial charge in [-0.3, -0.25) is 4.79 Å². The first-order chi connectivity index (χ1) is 10.2. The molecule has 0 atom stereocenters. The molecule has 0 bridgehead atoms. The van der Waals surface area contributed by atoms with E-state index in [9.17, 15) is 4.79 Å². The van der Waals surface area contributed by atoms with E-state index in [1.807, 2.05) is 61.6 Å². The number of nitrogens with zero attached hydrogens (tertiary/aromatic N) is 1. The van der Waals surface area contributed by atoms with E-state index in [0.29, 0.717) is 18.7 Å². The van der Waals surface area contributed by atoms with E-state index in [2.05, 4.69) is 6.92 Å². The third-order valence-electron chi connectivity index (χ3n) is 3.18. The van der Waals surface area contributed by atoms with Gasteiger partial charge in [-0.1, -0.05) is 37.3 Å². The number of rotatable bonds is 6. The number of ether oxygens (including phenoxy) is 1. The van der Waals surface area contributed by atoms with Crippen LogP contribution in [0, 0.1) is 0 Å². The second-order valence-electron chi connectivity index (χ2n) is 5.02. The molecule has 0 heterocycles. The fraction of sp³-hybridized carbons (Fsp3) is 0.278. The largest absolute Gasteiger partial charge is 0.494 e. The zero-order valence-corrected chi connectivity index (χ0v) is 12.6. The van der Waals surface area contributed by atoms with Crippen molar-refractivity contribution in [3.8, 4) is 5.75 Å². The molecule has 0 aliphatic heterocycles. The number of benzene rings is 2. The fourth-order valence-corrected chi connectivity index (χ4v) is 2.06. The fourth-order valence-electron chi connectivity index (χ4n) is 2.06. The molecule has 1 amide bonds. The first kappa shape index (κ1) is 15.1. The molecule has 0 unspecified atom stereocenters. The van der Waals surface area contributed by atoms with Gasteiger partial charge in [-0.25, -0.2) is 0 Å². The number of carbonyl (C=O) groups is 1. The molecule has 0 radical (unpaired) electrons. The Balaban J connectivity index is 1.98. The molecule has 0 aromatic heterocycles. The highest BCUT2D eigenvalue weighted by Gasteiger charge is 2.11. The Labute approximate surface area is 126 Å². The Morgan fingerprint density at radius 3 is 2.33 bits per heavy atom. The summed E-state index contributed by atoms with van der Waals surface area (Å²) in [6.07, 6.45) is 0.973. The summed E-state index contributed by atoms with van der Waals surface area (Å²) in [5, 5.41) is 0. The van der Waals surface area contributed by atoms with Crippen LogP contribution in [0.5, 0.6) is 5.75 Å². The van der Waals surface area contributed by atoms with Crippen molar-refractivity contribution in [1.82, 2.24) is 4.90 Å². The van der Waals surface area contributed by atoms with Crippen molar-refractivity contribution in [3.05, 3.63) is 65.7 Å². The molecule has 110 valence electrons. The minimum atomic E-state index is 0.0147. The number of carbonyl (C=O) groups excluding carboxylic acids is 1. The molecule has 2 aromatic rings. The van der Waals surface area contributed by atoms with Crippen LogP contribution >= 0.6 is 0 Å². The standard InChI is InChI=1S/C18H21NO2/c1-3-13-21-17-11-9-16(10-12-17)18(20)19(2)14-15-7-5-4-6-8-15/h4-12H,3,13-14H2,1-2H3. The maximum Gasteiger partial charge on any atom is 0.253 e. The summed E-state index contributed by atoms with van der Waals surface area (Å²) in [6, 6.07) is 17.3. The monoisotopic (exact) mass is 283 g/mol. The highest BCUT2D eigenvalue weighted by Crippen LogP contribution is 2.14. The van der Waals surface area contributed by atoms with Gasteiger partial charge in [0, 0.05) is 19.2 Å². The average molecular weight is 283 g/mol. The van der Waals surface area contributed by atoms with Crippen LogP contribution in [-0.2, 0) is 6.54 Å². The third-order valence-corrected chi connectivity index (χ3v) is 3.18. The van der Waals surface area contributed by atoms with Crippen molar-refractivity contribution >= 4 is 5.91 Å². The molecule has 0 N–H and O–H groups in total. The maximum absolute atomic E-state index is 12.4. The average Bonchev–Trinajstić information content (AvgIpc) is 2.53. The Kier molecular flexibility index (Phi) is 5.38.